The van der Waals surface area contributed by atoms with E-state index < -0.39 is 6.03 Å². The van der Waals surface area contributed by atoms with Gasteiger partial charge in [-0.1, -0.05) is 25.8 Å². The average Bonchev–Trinajstić information content (AvgIpc) is 3.37. The maximum atomic E-state index is 12.2. The number of hydrogen-bond acceptors (Lipinski definition) is 7. The molecule has 1 aliphatic carbocycles. The van der Waals surface area contributed by atoms with Crippen LogP contribution in [0.3, 0.4) is 0 Å². The fourth-order valence-electron chi connectivity index (χ4n) is 3.20. The summed E-state index contributed by atoms with van der Waals surface area (Å²) < 4.78 is 5.69. The number of aromatic nitrogens is 2. The van der Waals surface area contributed by atoms with Gasteiger partial charge in [0, 0.05) is 6.04 Å². The first-order chi connectivity index (χ1) is 13.1. The van der Waals surface area contributed by atoms with Gasteiger partial charge in [-0.15, -0.1) is 21.5 Å². The van der Waals surface area contributed by atoms with Crippen LogP contribution in [0.4, 0.5) is 4.79 Å². The van der Waals surface area contributed by atoms with Crippen LogP contribution >= 0.6 is 11.3 Å². The van der Waals surface area contributed by atoms with E-state index >= 15 is 0 Å². The molecule has 0 aromatic carbocycles. The van der Waals surface area contributed by atoms with E-state index in [1.807, 2.05) is 29.3 Å². The third-order valence-corrected chi connectivity index (χ3v) is 5.27. The summed E-state index contributed by atoms with van der Waals surface area (Å²) in [4.78, 5) is 27.0. The van der Waals surface area contributed by atoms with Crippen molar-refractivity contribution in [1.29, 1.82) is 0 Å². The molecule has 27 heavy (non-hydrogen) atoms. The number of nitrogens with zero attached hydrogens (tertiary/aromatic N) is 3. The lowest BCUT2D eigenvalue weighted by atomic mass is 10.2. The Balaban J connectivity index is 1.50. The van der Waals surface area contributed by atoms with Crippen molar-refractivity contribution in [3.8, 4) is 10.8 Å². The van der Waals surface area contributed by atoms with Gasteiger partial charge in [0.2, 0.25) is 11.8 Å². The third-order valence-electron chi connectivity index (χ3n) is 4.41. The van der Waals surface area contributed by atoms with Crippen molar-refractivity contribution in [3.63, 3.8) is 0 Å². The van der Waals surface area contributed by atoms with Gasteiger partial charge in [-0.3, -0.25) is 15.0 Å². The Bertz CT molecular complexity index is 740. The van der Waals surface area contributed by atoms with Crippen LogP contribution in [0.25, 0.3) is 10.8 Å². The van der Waals surface area contributed by atoms with E-state index in [1.165, 1.54) is 11.3 Å². The Morgan fingerprint density at radius 2 is 2.15 bits per heavy atom. The predicted molar refractivity (Wildman–Crippen MR) is 102 cm³/mol. The highest BCUT2D eigenvalue weighted by molar-refractivity contribution is 7.13. The van der Waals surface area contributed by atoms with Crippen molar-refractivity contribution in [3.05, 3.63) is 23.4 Å². The zero-order valence-corrected chi connectivity index (χ0v) is 16.3. The molecule has 146 valence electrons. The largest absolute Gasteiger partial charge is 0.419 e. The van der Waals surface area contributed by atoms with Gasteiger partial charge in [0.1, 0.15) is 0 Å². The zero-order valence-electron chi connectivity index (χ0n) is 15.4. The quantitative estimate of drug-likeness (QED) is 0.718. The number of carbonyl (C=O) groups is 2. The topological polar surface area (TPSA) is 100 Å². The number of nitrogens with one attached hydrogen (secondary N) is 2. The van der Waals surface area contributed by atoms with Gasteiger partial charge in [0.15, 0.2) is 0 Å². The maximum absolute atomic E-state index is 12.2. The molecule has 3 amide bonds. The number of thiophene rings is 1. The van der Waals surface area contributed by atoms with Gasteiger partial charge >= 0.3 is 6.03 Å². The summed E-state index contributed by atoms with van der Waals surface area (Å²) >= 11 is 1.53. The van der Waals surface area contributed by atoms with E-state index in [0.717, 1.165) is 37.0 Å². The summed E-state index contributed by atoms with van der Waals surface area (Å²) in [5, 5.41) is 15.3. The van der Waals surface area contributed by atoms with Gasteiger partial charge in [0.25, 0.3) is 5.89 Å². The molecule has 1 aliphatic rings. The predicted octanol–water partition coefficient (Wildman–Crippen LogP) is 2.78. The number of rotatable bonds is 8. The van der Waals surface area contributed by atoms with Crippen LogP contribution in [-0.4, -0.2) is 46.2 Å². The fourth-order valence-corrected chi connectivity index (χ4v) is 3.84. The number of urea groups is 1. The lowest BCUT2D eigenvalue weighted by Gasteiger charge is -2.19. The highest BCUT2D eigenvalue weighted by Gasteiger charge is 2.20. The lowest BCUT2D eigenvalue weighted by molar-refractivity contribution is -0.121. The molecule has 0 bridgehead atoms. The molecule has 3 rings (SSSR count). The van der Waals surface area contributed by atoms with Crippen molar-refractivity contribution in [2.75, 3.05) is 13.1 Å². The molecule has 1 fully saturated rings. The molecular formula is C18H25N5O3S. The Kier molecular flexibility index (Phi) is 6.94. The first-order valence-electron chi connectivity index (χ1n) is 9.33. The molecule has 0 saturated heterocycles. The zero-order chi connectivity index (χ0) is 19.1. The minimum Gasteiger partial charge on any atom is -0.419 e. The minimum absolute atomic E-state index is 0.0998. The van der Waals surface area contributed by atoms with Crippen LogP contribution in [-0.2, 0) is 11.3 Å². The molecule has 2 aromatic rings. The van der Waals surface area contributed by atoms with Crippen LogP contribution in [0, 0.1) is 0 Å². The molecule has 0 atom stereocenters. The van der Waals surface area contributed by atoms with Crippen LogP contribution in [0.15, 0.2) is 21.9 Å². The first-order valence-corrected chi connectivity index (χ1v) is 10.2. The summed E-state index contributed by atoms with van der Waals surface area (Å²) in [7, 11) is 0. The van der Waals surface area contributed by atoms with Crippen LogP contribution in [0.2, 0.25) is 0 Å². The van der Waals surface area contributed by atoms with E-state index in [4.69, 9.17) is 4.42 Å². The highest BCUT2D eigenvalue weighted by atomic mass is 32.1. The Labute approximate surface area is 162 Å². The summed E-state index contributed by atoms with van der Waals surface area (Å²) in [5.74, 6) is 0.601. The van der Waals surface area contributed by atoms with Gasteiger partial charge in [0.05, 0.1) is 18.0 Å². The second-order valence-corrected chi connectivity index (χ2v) is 7.64. The smallest absolute Gasteiger partial charge is 0.321 e. The summed E-state index contributed by atoms with van der Waals surface area (Å²) in [5.41, 5.74) is 0. The first kappa shape index (κ1) is 19.5. The Morgan fingerprint density at radius 3 is 2.85 bits per heavy atom. The average molecular weight is 391 g/mol. The Hall–Kier alpha value is -2.26. The summed E-state index contributed by atoms with van der Waals surface area (Å²) in [6.07, 6.45) is 5.08. The van der Waals surface area contributed by atoms with Gasteiger partial charge < -0.3 is 9.73 Å². The monoisotopic (exact) mass is 391 g/mol. The van der Waals surface area contributed by atoms with E-state index in [1.54, 1.807) is 0 Å². The number of hydrogen-bond donors (Lipinski definition) is 2. The number of imide groups is 1. The maximum Gasteiger partial charge on any atom is 0.321 e. The van der Waals surface area contributed by atoms with Gasteiger partial charge in [-0.2, -0.15) is 0 Å². The highest BCUT2D eigenvalue weighted by Crippen LogP contribution is 2.23. The number of amides is 3. The summed E-state index contributed by atoms with van der Waals surface area (Å²) in [6.45, 7) is 3.18. The van der Waals surface area contributed by atoms with Crippen molar-refractivity contribution in [2.45, 2.75) is 51.6 Å². The molecule has 1 saturated carbocycles. The molecule has 0 unspecified atom stereocenters. The van der Waals surface area contributed by atoms with Gasteiger partial charge in [-0.25, -0.2) is 4.79 Å². The Morgan fingerprint density at radius 1 is 1.33 bits per heavy atom. The van der Waals surface area contributed by atoms with Crippen molar-refractivity contribution in [1.82, 2.24) is 25.7 Å². The molecule has 0 radical (unpaired) electrons. The number of carbonyl (C=O) groups excluding carboxylic acids is 2. The lowest BCUT2D eigenvalue weighted by Crippen LogP contribution is -2.47. The van der Waals surface area contributed by atoms with E-state index in [0.29, 0.717) is 24.9 Å². The summed E-state index contributed by atoms with van der Waals surface area (Å²) in [6, 6.07) is 3.61. The SMILES string of the molecule is CCCN(CC(=O)NC(=O)NC1CCCC1)Cc1nnc(-c2cccs2)o1. The van der Waals surface area contributed by atoms with Crippen molar-refractivity contribution < 1.29 is 14.0 Å². The van der Waals surface area contributed by atoms with Crippen LogP contribution < -0.4 is 10.6 Å². The van der Waals surface area contributed by atoms with E-state index in [-0.39, 0.29) is 18.5 Å². The normalized spacial score (nSPS) is 14.6. The van der Waals surface area contributed by atoms with Crippen LogP contribution in [0.1, 0.15) is 44.9 Å². The third kappa shape index (κ3) is 5.86. The molecule has 0 aliphatic heterocycles. The minimum atomic E-state index is -0.416. The van der Waals surface area contributed by atoms with Crippen LogP contribution in [0.5, 0.6) is 0 Å². The molecule has 9 heteroatoms. The van der Waals surface area contributed by atoms with Crippen molar-refractivity contribution in [2.24, 2.45) is 0 Å². The molecule has 2 heterocycles. The molecule has 8 nitrogen and oxygen atoms in total. The standard InChI is InChI=1S/C18H25N5O3S/c1-2-9-23(11-15(24)20-18(25)19-13-6-3-4-7-13)12-16-21-22-17(26-16)14-8-5-10-27-14/h5,8,10,13H,2-4,6-7,9,11-12H2,1H3,(H2,19,20,24,25). The van der Waals surface area contributed by atoms with Gasteiger partial charge in [-0.05, 0) is 37.3 Å². The second kappa shape index (κ2) is 9.61. The molecule has 2 N–H and O–H groups in total. The van der Waals surface area contributed by atoms with Crippen molar-refractivity contribution >= 4 is 23.3 Å². The van der Waals surface area contributed by atoms with E-state index in [2.05, 4.69) is 20.8 Å². The molecular weight excluding hydrogens is 366 g/mol. The van der Waals surface area contributed by atoms with E-state index in [9.17, 15) is 9.59 Å². The molecule has 0 spiro atoms. The molecule has 2 aromatic heterocycles. The second-order valence-electron chi connectivity index (χ2n) is 6.69. The fraction of sp³-hybridized carbons (Fsp3) is 0.556.